The predicted octanol–water partition coefficient (Wildman–Crippen LogP) is 2.30. The molecule has 1 amide bonds. The molecule has 9 heteroatoms. The van der Waals surface area contributed by atoms with E-state index in [1.165, 1.54) is 6.42 Å². The number of nitrogens with two attached hydrogens (primary N) is 1. The second kappa shape index (κ2) is 11.8. The van der Waals surface area contributed by atoms with Gasteiger partial charge in [0, 0.05) is 62.5 Å². The minimum atomic E-state index is -0.214. The summed E-state index contributed by atoms with van der Waals surface area (Å²) in [5, 5.41) is 4.19. The number of nitrogens with zero attached hydrogens (tertiary/aromatic N) is 4. The average Bonchev–Trinajstić information content (AvgIpc) is 2.74. The number of hydrogen-bond acceptors (Lipinski definition) is 5. The number of thioether (sulfide) groups is 1. The van der Waals surface area contributed by atoms with Crippen LogP contribution < -0.4 is 16.0 Å². The van der Waals surface area contributed by atoms with E-state index in [1.807, 2.05) is 19.3 Å². The molecule has 29 heavy (non-hydrogen) atoms. The summed E-state index contributed by atoms with van der Waals surface area (Å²) in [6, 6.07) is 4.06. The minimum absolute atomic E-state index is 0. The summed E-state index contributed by atoms with van der Waals surface area (Å²) in [6.45, 7) is 6.52. The van der Waals surface area contributed by atoms with Crippen LogP contribution in [0, 0.1) is 5.92 Å². The number of rotatable bonds is 5. The van der Waals surface area contributed by atoms with Crippen molar-refractivity contribution in [2.24, 2.45) is 16.6 Å². The summed E-state index contributed by atoms with van der Waals surface area (Å²) in [4.78, 5) is 25.3. The maximum absolute atomic E-state index is 11.6. The number of hydrogen-bond donors (Lipinski definition) is 2. The predicted molar refractivity (Wildman–Crippen MR) is 132 cm³/mol. The average molecular weight is 532 g/mol. The van der Waals surface area contributed by atoms with Crippen LogP contribution in [0.25, 0.3) is 0 Å². The van der Waals surface area contributed by atoms with Crippen LogP contribution >= 0.6 is 35.7 Å². The molecule has 3 N–H and O–H groups in total. The van der Waals surface area contributed by atoms with E-state index in [1.54, 1.807) is 0 Å². The molecule has 0 saturated carbocycles. The van der Waals surface area contributed by atoms with Gasteiger partial charge >= 0.3 is 0 Å². The lowest BCUT2D eigenvalue weighted by Gasteiger charge is -2.35. The van der Waals surface area contributed by atoms with Crippen molar-refractivity contribution in [3.8, 4) is 0 Å². The van der Waals surface area contributed by atoms with Crippen LogP contribution in [-0.2, 0) is 11.3 Å². The molecular weight excluding hydrogens is 499 g/mol. The van der Waals surface area contributed by atoms with Gasteiger partial charge in [-0.3, -0.25) is 9.79 Å². The van der Waals surface area contributed by atoms with E-state index in [-0.39, 0.29) is 35.8 Å². The molecule has 162 valence electrons. The third kappa shape index (κ3) is 6.37. The zero-order valence-corrected chi connectivity index (χ0v) is 20.5. The minimum Gasteiger partial charge on any atom is -0.369 e. The number of halogens is 1. The van der Waals surface area contributed by atoms with Crippen molar-refractivity contribution in [1.82, 2.24) is 15.2 Å². The van der Waals surface area contributed by atoms with Gasteiger partial charge in [-0.15, -0.1) is 24.0 Å². The Morgan fingerprint density at radius 1 is 1.41 bits per heavy atom. The maximum atomic E-state index is 11.6. The summed E-state index contributed by atoms with van der Waals surface area (Å²) in [5.41, 5.74) is 6.66. The summed E-state index contributed by atoms with van der Waals surface area (Å²) in [6.07, 6.45) is 4.82. The normalized spacial score (nSPS) is 22.8. The van der Waals surface area contributed by atoms with Crippen LogP contribution in [0.15, 0.2) is 23.3 Å². The maximum Gasteiger partial charge on any atom is 0.222 e. The lowest BCUT2D eigenvalue weighted by atomic mass is 9.97. The Bertz CT molecular complexity index is 703. The number of carbonyl (C=O) groups excluding carboxylic acids is 1. The van der Waals surface area contributed by atoms with E-state index in [2.05, 4.69) is 49.8 Å². The number of aliphatic imine (C=N–C) groups is 1. The van der Waals surface area contributed by atoms with Crippen molar-refractivity contribution in [2.45, 2.75) is 38.0 Å². The van der Waals surface area contributed by atoms with E-state index in [0.29, 0.717) is 18.3 Å². The molecule has 7 nitrogen and oxygen atoms in total. The third-order valence-electron chi connectivity index (χ3n) is 5.53. The van der Waals surface area contributed by atoms with Gasteiger partial charge in [0.2, 0.25) is 5.91 Å². The number of primary amides is 1. The van der Waals surface area contributed by atoms with E-state index >= 15 is 0 Å². The van der Waals surface area contributed by atoms with Crippen molar-refractivity contribution in [3.63, 3.8) is 0 Å². The number of aromatic nitrogens is 1. The Labute approximate surface area is 195 Å². The molecule has 2 aliphatic heterocycles. The number of amides is 1. The highest BCUT2D eigenvalue weighted by Gasteiger charge is 2.26. The molecule has 0 spiro atoms. The fraction of sp³-hybridized carbons (Fsp3) is 0.650. The van der Waals surface area contributed by atoms with Crippen LogP contribution in [0.4, 0.5) is 5.82 Å². The first kappa shape index (κ1) is 24.0. The van der Waals surface area contributed by atoms with E-state index in [0.717, 1.165) is 55.6 Å². The Balaban J connectivity index is 0.00000300. The topological polar surface area (TPSA) is 86.8 Å². The first-order chi connectivity index (χ1) is 13.6. The first-order valence-corrected chi connectivity index (χ1v) is 11.2. The quantitative estimate of drug-likeness (QED) is 0.344. The fourth-order valence-corrected chi connectivity index (χ4v) is 5.10. The highest BCUT2D eigenvalue weighted by Crippen LogP contribution is 2.25. The van der Waals surface area contributed by atoms with Crippen LogP contribution in [0.5, 0.6) is 0 Å². The fourth-order valence-electron chi connectivity index (χ4n) is 3.92. The molecular formula is C20H33IN6OS. The molecule has 0 aromatic carbocycles. The van der Waals surface area contributed by atoms with Crippen molar-refractivity contribution < 1.29 is 4.79 Å². The summed E-state index contributed by atoms with van der Waals surface area (Å²) in [7, 11) is 1.84. The summed E-state index contributed by atoms with van der Waals surface area (Å²) in [5.74, 6) is 2.72. The molecule has 0 bridgehead atoms. The second-order valence-corrected chi connectivity index (χ2v) is 8.83. The monoisotopic (exact) mass is 532 g/mol. The van der Waals surface area contributed by atoms with Crippen molar-refractivity contribution in [1.29, 1.82) is 0 Å². The van der Waals surface area contributed by atoms with Crippen LogP contribution in [0.2, 0.25) is 0 Å². The van der Waals surface area contributed by atoms with Gasteiger partial charge in [0.05, 0.1) is 5.92 Å². The highest BCUT2D eigenvalue weighted by molar-refractivity contribution is 14.0. The van der Waals surface area contributed by atoms with Gasteiger partial charge in [-0.05, 0) is 25.3 Å². The Hall–Kier alpha value is -1.23. The molecule has 0 radical (unpaired) electrons. The largest absolute Gasteiger partial charge is 0.369 e. The zero-order valence-electron chi connectivity index (χ0n) is 17.3. The molecule has 3 heterocycles. The van der Waals surface area contributed by atoms with E-state index < -0.39 is 0 Å². The van der Waals surface area contributed by atoms with Gasteiger partial charge < -0.3 is 20.9 Å². The molecule has 2 unspecified atom stereocenters. The Morgan fingerprint density at radius 3 is 2.97 bits per heavy atom. The number of carbonyl (C=O) groups is 1. The van der Waals surface area contributed by atoms with Gasteiger partial charge in [0.15, 0.2) is 5.96 Å². The third-order valence-corrected chi connectivity index (χ3v) is 6.91. The van der Waals surface area contributed by atoms with Gasteiger partial charge in [0.1, 0.15) is 5.82 Å². The lowest BCUT2D eigenvalue weighted by Crippen LogP contribution is -2.48. The van der Waals surface area contributed by atoms with Crippen LogP contribution in [-0.4, -0.2) is 66.0 Å². The molecule has 1 aromatic rings. The number of nitrogens with one attached hydrogen (secondary N) is 1. The zero-order chi connectivity index (χ0) is 19.9. The van der Waals surface area contributed by atoms with Gasteiger partial charge in [-0.25, -0.2) is 4.98 Å². The molecule has 2 saturated heterocycles. The van der Waals surface area contributed by atoms with Gasteiger partial charge in [-0.2, -0.15) is 11.8 Å². The molecule has 2 atom stereocenters. The standard InChI is InChI=1S/C20H32N6OS.HI/c1-3-17-14-26(10-11-28-17)20(22-2)24-12-15-6-4-8-23-19(15)25-9-5-7-16(13-25)18(21)27;/h4,6,8,16-17H,3,5,7,9-14H2,1-2H3,(H2,21,27)(H,22,24);1H. The molecule has 0 aliphatic carbocycles. The second-order valence-electron chi connectivity index (χ2n) is 7.42. The Morgan fingerprint density at radius 2 is 2.24 bits per heavy atom. The summed E-state index contributed by atoms with van der Waals surface area (Å²) < 4.78 is 0. The van der Waals surface area contributed by atoms with Gasteiger partial charge in [-0.1, -0.05) is 13.0 Å². The van der Waals surface area contributed by atoms with E-state index in [9.17, 15) is 4.79 Å². The number of pyridine rings is 1. The van der Waals surface area contributed by atoms with E-state index in [4.69, 9.17) is 5.73 Å². The molecule has 1 aromatic heterocycles. The smallest absolute Gasteiger partial charge is 0.222 e. The van der Waals surface area contributed by atoms with Crippen molar-refractivity contribution in [3.05, 3.63) is 23.9 Å². The van der Waals surface area contributed by atoms with Crippen molar-refractivity contribution in [2.75, 3.05) is 43.9 Å². The number of anilines is 1. The van der Waals surface area contributed by atoms with Crippen LogP contribution in [0.3, 0.4) is 0 Å². The van der Waals surface area contributed by atoms with Crippen molar-refractivity contribution >= 4 is 53.4 Å². The molecule has 2 aliphatic rings. The van der Waals surface area contributed by atoms with Gasteiger partial charge in [0.25, 0.3) is 0 Å². The first-order valence-electron chi connectivity index (χ1n) is 10.2. The SMILES string of the molecule is CCC1CN(C(=NC)NCc2cccnc2N2CCCC(C(N)=O)C2)CCS1.I. The Kier molecular flexibility index (Phi) is 9.81. The summed E-state index contributed by atoms with van der Waals surface area (Å²) >= 11 is 2.05. The highest BCUT2D eigenvalue weighted by atomic mass is 127. The molecule has 3 rings (SSSR count). The number of guanidine groups is 1. The molecule has 2 fully saturated rings. The number of piperidine rings is 1. The lowest BCUT2D eigenvalue weighted by molar-refractivity contribution is -0.122. The van der Waals surface area contributed by atoms with Crippen LogP contribution in [0.1, 0.15) is 31.7 Å².